The van der Waals surface area contributed by atoms with Crippen molar-refractivity contribution in [3.8, 4) is 0 Å². The lowest BCUT2D eigenvalue weighted by Crippen LogP contribution is -2.36. The standard InChI is InChI=1S/C12H14ClN3O5/c1-2-15(6-5-11(17)18)12(19)14-10-7-8(16(20)21)3-4-9(10)13/h3-4,7H,2,5-6H2,1H3,(H,14,19)(H,17,18). The van der Waals surface area contributed by atoms with Crippen molar-refractivity contribution in [2.24, 2.45) is 0 Å². The van der Waals surface area contributed by atoms with Gasteiger partial charge in [-0.15, -0.1) is 0 Å². The Kier molecular flexibility index (Phi) is 5.92. The second-order valence-electron chi connectivity index (χ2n) is 4.07. The van der Waals surface area contributed by atoms with Gasteiger partial charge in [0.25, 0.3) is 5.69 Å². The van der Waals surface area contributed by atoms with Crippen LogP contribution < -0.4 is 5.32 Å². The third-order valence-corrected chi connectivity index (χ3v) is 3.00. The molecule has 0 unspecified atom stereocenters. The van der Waals surface area contributed by atoms with E-state index in [4.69, 9.17) is 16.7 Å². The number of carbonyl (C=O) groups excluding carboxylic acids is 1. The van der Waals surface area contributed by atoms with Crippen LogP contribution in [0.1, 0.15) is 13.3 Å². The molecule has 0 aliphatic heterocycles. The number of hydrogen-bond acceptors (Lipinski definition) is 4. The molecule has 2 N–H and O–H groups in total. The van der Waals surface area contributed by atoms with Crippen LogP contribution in [0.5, 0.6) is 0 Å². The van der Waals surface area contributed by atoms with E-state index in [-0.39, 0.29) is 29.4 Å². The van der Waals surface area contributed by atoms with Crippen LogP contribution in [0.3, 0.4) is 0 Å². The molecule has 9 heteroatoms. The fourth-order valence-corrected chi connectivity index (χ4v) is 1.72. The molecule has 0 aliphatic rings. The summed E-state index contributed by atoms with van der Waals surface area (Å²) in [5.41, 5.74) is -0.104. The first-order valence-electron chi connectivity index (χ1n) is 6.06. The van der Waals surface area contributed by atoms with Gasteiger partial charge in [-0.05, 0) is 13.0 Å². The number of amides is 2. The number of hydrogen-bond donors (Lipinski definition) is 2. The van der Waals surface area contributed by atoms with Crippen LogP contribution in [-0.4, -0.2) is 40.0 Å². The molecule has 114 valence electrons. The number of nitro benzene ring substituents is 1. The van der Waals surface area contributed by atoms with Crippen molar-refractivity contribution in [3.63, 3.8) is 0 Å². The van der Waals surface area contributed by atoms with Gasteiger partial charge in [-0.3, -0.25) is 14.9 Å². The molecular weight excluding hydrogens is 302 g/mol. The molecule has 0 atom stereocenters. The number of carbonyl (C=O) groups is 2. The van der Waals surface area contributed by atoms with Crippen molar-refractivity contribution < 1.29 is 19.6 Å². The fraction of sp³-hybridized carbons (Fsp3) is 0.333. The monoisotopic (exact) mass is 315 g/mol. The van der Waals surface area contributed by atoms with E-state index < -0.39 is 16.9 Å². The van der Waals surface area contributed by atoms with Gasteiger partial charge < -0.3 is 15.3 Å². The highest BCUT2D eigenvalue weighted by molar-refractivity contribution is 6.33. The molecule has 0 aliphatic carbocycles. The van der Waals surface area contributed by atoms with E-state index in [2.05, 4.69) is 5.32 Å². The van der Waals surface area contributed by atoms with Crippen molar-refractivity contribution in [2.75, 3.05) is 18.4 Å². The van der Waals surface area contributed by atoms with Crippen LogP contribution in [0.25, 0.3) is 0 Å². The number of anilines is 1. The predicted octanol–water partition coefficient (Wildman–Crippen LogP) is 2.58. The third-order valence-electron chi connectivity index (χ3n) is 2.67. The highest BCUT2D eigenvalue weighted by Crippen LogP contribution is 2.26. The van der Waals surface area contributed by atoms with Gasteiger partial charge in [0, 0.05) is 25.2 Å². The van der Waals surface area contributed by atoms with Crippen LogP contribution in [0.4, 0.5) is 16.2 Å². The van der Waals surface area contributed by atoms with Gasteiger partial charge in [0.15, 0.2) is 0 Å². The largest absolute Gasteiger partial charge is 0.481 e. The number of nitrogens with one attached hydrogen (secondary N) is 1. The molecule has 21 heavy (non-hydrogen) atoms. The smallest absolute Gasteiger partial charge is 0.321 e. The Balaban J connectivity index is 2.83. The zero-order valence-electron chi connectivity index (χ0n) is 11.2. The molecular formula is C12H14ClN3O5. The molecule has 1 aromatic rings. The van der Waals surface area contributed by atoms with Gasteiger partial charge in [-0.25, -0.2) is 4.79 Å². The van der Waals surface area contributed by atoms with Gasteiger partial charge in [-0.2, -0.15) is 0 Å². The van der Waals surface area contributed by atoms with E-state index in [0.717, 1.165) is 6.07 Å². The number of carboxylic acids is 1. The van der Waals surface area contributed by atoms with E-state index in [1.54, 1.807) is 6.92 Å². The summed E-state index contributed by atoms with van der Waals surface area (Å²) in [5.74, 6) is -1.02. The average Bonchev–Trinajstić information content (AvgIpc) is 2.41. The van der Waals surface area contributed by atoms with E-state index >= 15 is 0 Å². The molecule has 0 saturated heterocycles. The van der Waals surface area contributed by atoms with Crippen molar-refractivity contribution in [1.82, 2.24) is 4.90 Å². The van der Waals surface area contributed by atoms with Crippen molar-refractivity contribution in [2.45, 2.75) is 13.3 Å². The summed E-state index contributed by atoms with van der Waals surface area (Å²) < 4.78 is 0. The lowest BCUT2D eigenvalue weighted by atomic mass is 10.3. The summed E-state index contributed by atoms with van der Waals surface area (Å²) >= 11 is 5.87. The van der Waals surface area contributed by atoms with Gasteiger partial charge in [-0.1, -0.05) is 11.6 Å². The molecule has 0 aromatic heterocycles. The number of non-ortho nitro benzene ring substituents is 1. The summed E-state index contributed by atoms with van der Waals surface area (Å²) in [5, 5.41) is 21.9. The Morgan fingerprint density at radius 3 is 2.67 bits per heavy atom. The Labute approximate surface area is 125 Å². The minimum Gasteiger partial charge on any atom is -0.481 e. The summed E-state index contributed by atoms with van der Waals surface area (Å²) in [6.07, 6.45) is -0.191. The number of benzene rings is 1. The molecule has 8 nitrogen and oxygen atoms in total. The number of nitrogens with zero attached hydrogens (tertiary/aromatic N) is 2. The highest BCUT2D eigenvalue weighted by atomic mass is 35.5. The number of aliphatic carboxylic acids is 1. The molecule has 0 saturated carbocycles. The SMILES string of the molecule is CCN(CCC(=O)O)C(=O)Nc1cc([N+](=O)[O-])ccc1Cl. The Hall–Kier alpha value is -2.35. The highest BCUT2D eigenvalue weighted by Gasteiger charge is 2.16. The Morgan fingerprint density at radius 1 is 1.48 bits per heavy atom. The Bertz CT molecular complexity index is 564. The lowest BCUT2D eigenvalue weighted by Gasteiger charge is -2.20. The zero-order valence-corrected chi connectivity index (χ0v) is 12.0. The first-order valence-corrected chi connectivity index (χ1v) is 6.44. The van der Waals surface area contributed by atoms with Gasteiger partial charge in [0.05, 0.1) is 22.1 Å². The minimum atomic E-state index is -1.02. The quantitative estimate of drug-likeness (QED) is 0.618. The third kappa shape index (κ3) is 4.92. The van der Waals surface area contributed by atoms with Gasteiger partial charge in [0.1, 0.15) is 0 Å². The van der Waals surface area contributed by atoms with Gasteiger partial charge >= 0.3 is 12.0 Å². The lowest BCUT2D eigenvalue weighted by molar-refractivity contribution is -0.384. The number of nitro groups is 1. The normalized spacial score (nSPS) is 10.0. The molecule has 0 bridgehead atoms. The van der Waals surface area contributed by atoms with Gasteiger partial charge in [0.2, 0.25) is 0 Å². The minimum absolute atomic E-state index is 0.0320. The fourth-order valence-electron chi connectivity index (χ4n) is 1.55. The second kappa shape index (κ2) is 7.44. The summed E-state index contributed by atoms with van der Waals surface area (Å²) in [6, 6.07) is 3.11. The number of halogens is 1. The van der Waals surface area contributed by atoms with Crippen LogP contribution in [0, 0.1) is 10.1 Å². The van der Waals surface area contributed by atoms with Crippen molar-refractivity contribution in [3.05, 3.63) is 33.3 Å². The van der Waals surface area contributed by atoms with Crippen LogP contribution in [0.15, 0.2) is 18.2 Å². The summed E-state index contributed by atoms with van der Waals surface area (Å²) in [4.78, 5) is 33.9. The van der Waals surface area contributed by atoms with Crippen molar-refractivity contribution >= 4 is 35.0 Å². The maximum Gasteiger partial charge on any atom is 0.321 e. The van der Waals surface area contributed by atoms with E-state index in [1.165, 1.54) is 17.0 Å². The van der Waals surface area contributed by atoms with E-state index in [0.29, 0.717) is 6.54 Å². The summed E-state index contributed by atoms with van der Waals surface area (Å²) in [7, 11) is 0. The second-order valence-corrected chi connectivity index (χ2v) is 4.48. The van der Waals surface area contributed by atoms with Crippen LogP contribution >= 0.6 is 11.6 Å². The average molecular weight is 316 g/mol. The Morgan fingerprint density at radius 2 is 2.14 bits per heavy atom. The molecule has 0 fully saturated rings. The first-order chi connectivity index (χ1) is 9.85. The predicted molar refractivity (Wildman–Crippen MR) is 76.6 cm³/mol. The number of carboxylic acid groups (broad SMARTS) is 1. The first kappa shape index (κ1) is 16.7. The number of urea groups is 1. The molecule has 2 amide bonds. The zero-order chi connectivity index (χ0) is 16.0. The van der Waals surface area contributed by atoms with E-state index in [1.807, 2.05) is 0 Å². The molecule has 0 heterocycles. The van der Waals surface area contributed by atoms with E-state index in [9.17, 15) is 19.7 Å². The molecule has 0 radical (unpaired) electrons. The van der Waals surface area contributed by atoms with Crippen LogP contribution in [-0.2, 0) is 4.79 Å². The van der Waals surface area contributed by atoms with Crippen molar-refractivity contribution in [1.29, 1.82) is 0 Å². The molecule has 1 aromatic carbocycles. The maximum atomic E-state index is 12.0. The molecule has 0 spiro atoms. The van der Waals surface area contributed by atoms with Crippen LogP contribution in [0.2, 0.25) is 5.02 Å². The maximum absolute atomic E-state index is 12.0. The molecule has 1 rings (SSSR count). The summed E-state index contributed by atoms with van der Waals surface area (Å²) in [6.45, 7) is 2.02. The topological polar surface area (TPSA) is 113 Å². The number of rotatable bonds is 6.